The van der Waals surface area contributed by atoms with Crippen LogP contribution in [0.15, 0.2) is 87.2 Å². The Balaban J connectivity index is 1.75. The second-order valence-corrected chi connectivity index (χ2v) is 9.51. The standard InChI is InChI=1S/C24H20ClN3O4S/c1-15-7-12-20(13-16(15)2)33(30,31)28-27-24-21(14-17-5-3-4-6-22(17)32-24)23(29)26-19-10-8-18(25)9-11-19/h3-14,28H,1-2H3,(H,26,29). The Morgan fingerprint density at radius 2 is 1.67 bits per heavy atom. The summed E-state index contributed by atoms with van der Waals surface area (Å²) in [5, 5.41) is 7.88. The van der Waals surface area contributed by atoms with Crippen LogP contribution in [0.5, 0.6) is 0 Å². The summed E-state index contributed by atoms with van der Waals surface area (Å²) in [6, 6.07) is 20.0. The van der Waals surface area contributed by atoms with Crippen LogP contribution in [0.25, 0.3) is 11.0 Å². The van der Waals surface area contributed by atoms with Crippen LogP contribution in [0.4, 0.5) is 5.69 Å². The number of nitrogens with zero attached hydrogens (tertiary/aromatic N) is 1. The minimum Gasteiger partial charge on any atom is -0.436 e. The average Bonchev–Trinajstić information content (AvgIpc) is 2.80. The minimum atomic E-state index is -3.98. The number of hydrogen-bond donors (Lipinski definition) is 2. The van der Waals surface area contributed by atoms with Crippen LogP contribution >= 0.6 is 11.6 Å². The first-order valence-corrected chi connectivity index (χ1v) is 11.8. The molecule has 33 heavy (non-hydrogen) atoms. The van der Waals surface area contributed by atoms with E-state index in [1.807, 2.05) is 13.8 Å². The zero-order valence-corrected chi connectivity index (χ0v) is 19.4. The van der Waals surface area contributed by atoms with Crippen molar-refractivity contribution in [2.45, 2.75) is 18.7 Å². The highest BCUT2D eigenvalue weighted by molar-refractivity contribution is 7.89. The van der Waals surface area contributed by atoms with Crippen LogP contribution in [0.3, 0.4) is 0 Å². The van der Waals surface area contributed by atoms with E-state index in [0.717, 1.165) is 11.1 Å². The van der Waals surface area contributed by atoms with E-state index in [1.54, 1.807) is 66.7 Å². The lowest BCUT2D eigenvalue weighted by Gasteiger charge is -2.08. The maximum absolute atomic E-state index is 13.0. The summed E-state index contributed by atoms with van der Waals surface area (Å²) in [5.74, 6) is -0.518. The summed E-state index contributed by atoms with van der Waals surface area (Å²) in [6.07, 6.45) is 0. The highest BCUT2D eigenvalue weighted by Crippen LogP contribution is 2.17. The van der Waals surface area contributed by atoms with Crippen molar-refractivity contribution in [3.8, 4) is 0 Å². The fourth-order valence-electron chi connectivity index (χ4n) is 3.08. The molecule has 0 aliphatic carbocycles. The number of fused-ring (bicyclic) bond motifs is 1. The van der Waals surface area contributed by atoms with Gasteiger partial charge in [0.25, 0.3) is 15.9 Å². The van der Waals surface area contributed by atoms with Gasteiger partial charge in [-0.3, -0.25) is 4.79 Å². The van der Waals surface area contributed by atoms with Crippen molar-refractivity contribution in [2.75, 3.05) is 5.32 Å². The Hall–Kier alpha value is -3.62. The predicted molar refractivity (Wildman–Crippen MR) is 127 cm³/mol. The Bertz CT molecular complexity index is 1530. The largest absolute Gasteiger partial charge is 0.436 e. The number of nitrogens with one attached hydrogen (secondary N) is 2. The monoisotopic (exact) mass is 481 g/mol. The molecule has 0 aliphatic rings. The number of halogens is 1. The normalized spacial score (nSPS) is 12.0. The molecule has 0 bridgehead atoms. The van der Waals surface area contributed by atoms with Gasteiger partial charge in [-0.15, -0.1) is 5.10 Å². The van der Waals surface area contributed by atoms with E-state index in [2.05, 4.69) is 15.2 Å². The average molecular weight is 482 g/mol. The van der Waals surface area contributed by atoms with E-state index in [0.29, 0.717) is 21.7 Å². The zero-order chi connectivity index (χ0) is 23.6. The molecule has 4 aromatic rings. The van der Waals surface area contributed by atoms with Gasteiger partial charge in [-0.2, -0.15) is 13.2 Å². The predicted octanol–water partition coefficient (Wildman–Crippen LogP) is 4.75. The molecule has 0 spiro atoms. The Morgan fingerprint density at radius 1 is 0.939 bits per heavy atom. The molecule has 1 aromatic heterocycles. The third-order valence-corrected chi connectivity index (χ3v) is 6.52. The third-order valence-electron chi connectivity index (χ3n) is 5.06. The first-order chi connectivity index (χ1) is 15.7. The van der Waals surface area contributed by atoms with Gasteiger partial charge in [-0.05, 0) is 73.5 Å². The third kappa shape index (κ3) is 5.08. The lowest BCUT2D eigenvalue weighted by atomic mass is 10.1. The van der Waals surface area contributed by atoms with Crippen LogP contribution in [-0.2, 0) is 10.0 Å². The van der Waals surface area contributed by atoms with Crippen LogP contribution in [0, 0.1) is 13.8 Å². The molecule has 3 aromatic carbocycles. The number of carbonyl (C=O) groups is 1. The molecule has 1 heterocycles. The van der Waals surface area contributed by atoms with Crippen molar-refractivity contribution in [1.29, 1.82) is 0 Å². The number of hydrogen-bond acceptors (Lipinski definition) is 5. The second kappa shape index (κ2) is 9.09. The van der Waals surface area contributed by atoms with Gasteiger partial charge < -0.3 is 9.73 Å². The van der Waals surface area contributed by atoms with Gasteiger partial charge in [0.15, 0.2) is 0 Å². The number of sulfonamides is 1. The molecule has 0 atom stereocenters. The summed E-state index contributed by atoms with van der Waals surface area (Å²) < 4.78 is 31.3. The van der Waals surface area contributed by atoms with Gasteiger partial charge in [0, 0.05) is 16.1 Å². The topological polar surface area (TPSA) is 101 Å². The molecule has 0 unspecified atom stereocenters. The van der Waals surface area contributed by atoms with Gasteiger partial charge >= 0.3 is 0 Å². The summed E-state index contributed by atoms with van der Waals surface area (Å²) in [5.41, 5.74) is 2.65. The quantitative estimate of drug-likeness (QED) is 0.402. The molecular formula is C24H20ClN3O4S. The maximum Gasteiger partial charge on any atom is 0.276 e. The summed E-state index contributed by atoms with van der Waals surface area (Å²) in [4.78, 5) is 15.2. The first-order valence-electron chi connectivity index (χ1n) is 9.95. The van der Waals surface area contributed by atoms with Crippen molar-refractivity contribution >= 4 is 44.2 Å². The number of carbonyl (C=O) groups excluding carboxylic acids is 1. The maximum atomic E-state index is 13.0. The van der Waals surface area contributed by atoms with Gasteiger partial charge in [-0.1, -0.05) is 35.9 Å². The van der Waals surface area contributed by atoms with Gasteiger partial charge in [0.1, 0.15) is 11.1 Å². The lowest BCUT2D eigenvalue weighted by Crippen LogP contribution is -2.27. The van der Waals surface area contributed by atoms with Crippen molar-refractivity contribution in [2.24, 2.45) is 5.10 Å². The molecule has 0 fully saturated rings. The number of aryl methyl sites for hydroxylation is 2. The molecule has 0 radical (unpaired) electrons. The second-order valence-electron chi connectivity index (χ2n) is 7.42. The van der Waals surface area contributed by atoms with E-state index < -0.39 is 15.9 Å². The first kappa shape index (κ1) is 22.6. The summed E-state index contributed by atoms with van der Waals surface area (Å²) in [6.45, 7) is 3.71. The van der Waals surface area contributed by atoms with Gasteiger partial charge in [0.2, 0.25) is 5.55 Å². The summed E-state index contributed by atoms with van der Waals surface area (Å²) in [7, 11) is -3.98. The van der Waals surface area contributed by atoms with Crippen molar-refractivity contribution in [3.05, 3.63) is 100 Å². The van der Waals surface area contributed by atoms with Gasteiger partial charge in [0.05, 0.1) is 4.90 Å². The molecule has 7 nitrogen and oxygen atoms in total. The Labute approximate surface area is 195 Å². The van der Waals surface area contributed by atoms with E-state index >= 15 is 0 Å². The molecule has 2 N–H and O–H groups in total. The number of amides is 1. The molecule has 1 amide bonds. The molecule has 0 saturated carbocycles. The highest BCUT2D eigenvalue weighted by Gasteiger charge is 2.17. The van der Waals surface area contributed by atoms with Crippen molar-refractivity contribution in [1.82, 2.24) is 4.83 Å². The fraction of sp³-hybridized carbons (Fsp3) is 0.0833. The van der Waals surface area contributed by atoms with E-state index in [-0.39, 0.29) is 16.0 Å². The van der Waals surface area contributed by atoms with Crippen molar-refractivity contribution < 1.29 is 17.6 Å². The van der Waals surface area contributed by atoms with Crippen LogP contribution < -0.4 is 15.7 Å². The fourth-order valence-corrected chi connectivity index (χ4v) is 4.10. The molecular weight excluding hydrogens is 462 g/mol. The SMILES string of the molecule is Cc1ccc(S(=O)(=O)NN=c2oc3ccccc3cc2C(=O)Nc2ccc(Cl)cc2)cc1C. The van der Waals surface area contributed by atoms with Gasteiger partial charge in [-0.25, -0.2) is 0 Å². The Kier molecular flexibility index (Phi) is 6.22. The lowest BCUT2D eigenvalue weighted by molar-refractivity contribution is 0.102. The number of benzene rings is 3. The Morgan fingerprint density at radius 3 is 2.39 bits per heavy atom. The van der Waals surface area contributed by atoms with E-state index in [4.69, 9.17) is 16.0 Å². The number of anilines is 1. The van der Waals surface area contributed by atoms with E-state index in [9.17, 15) is 13.2 Å². The number of para-hydroxylation sites is 1. The highest BCUT2D eigenvalue weighted by atomic mass is 35.5. The van der Waals surface area contributed by atoms with Crippen molar-refractivity contribution in [3.63, 3.8) is 0 Å². The van der Waals surface area contributed by atoms with Crippen LogP contribution in [-0.4, -0.2) is 14.3 Å². The molecule has 0 saturated heterocycles. The number of rotatable bonds is 5. The molecule has 4 rings (SSSR count). The molecule has 0 aliphatic heterocycles. The van der Waals surface area contributed by atoms with Crippen LogP contribution in [0.1, 0.15) is 21.5 Å². The van der Waals surface area contributed by atoms with E-state index in [1.165, 1.54) is 6.07 Å². The minimum absolute atomic E-state index is 0.0577. The summed E-state index contributed by atoms with van der Waals surface area (Å²) >= 11 is 5.90. The molecule has 9 heteroatoms. The smallest absolute Gasteiger partial charge is 0.276 e. The molecule has 168 valence electrons. The zero-order valence-electron chi connectivity index (χ0n) is 17.8. The van der Waals surface area contributed by atoms with Crippen LogP contribution in [0.2, 0.25) is 5.02 Å².